The monoisotopic (exact) mass is 544 g/mol. The number of carbonyl (C=O) groups is 2. The molecule has 5 rings (SSSR count). The van der Waals surface area contributed by atoms with Crippen LogP contribution in [0.25, 0.3) is 16.1 Å². The minimum absolute atomic E-state index is 0.231. The van der Waals surface area contributed by atoms with Gasteiger partial charge in [0.05, 0.1) is 37.0 Å². The van der Waals surface area contributed by atoms with Crippen molar-refractivity contribution in [2.24, 2.45) is 0 Å². The van der Waals surface area contributed by atoms with Gasteiger partial charge < -0.3 is 19.4 Å². The number of amides is 2. The van der Waals surface area contributed by atoms with E-state index in [4.69, 9.17) is 9.47 Å². The number of nitrogens with zero attached hydrogens (tertiary/aromatic N) is 2. The van der Waals surface area contributed by atoms with Crippen LogP contribution in [0.1, 0.15) is 59.3 Å². The van der Waals surface area contributed by atoms with Crippen LogP contribution < -0.4 is 15.4 Å². The molecule has 2 amide bonds. The van der Waals surface area contributed by atoms with E-state index in [2.05, 4.69) is 27.8 Å². The van der Waals surface area contributed by atoms with Gasteiger partial charge in [-0.05, 0) is 80.5 Å². The van der Waals surface area contributed by atoms with Crippen molar-refractivity contribution in [3.05, 3.63) is 77.4 Å². The maximum Gasteiger partial charge on any atom is 0.341 e. The zero-order chi connectivity index (χ0) is 27.5. The summed E-state index contributed by atoms with van der Waals surface area (Å²) >= 11 is 1.33. The Labute approximate surface area is 232 Å². The van der Waals surface area contributed by atoms with Gasteiger partial charge in [0.2, 0.25) is 0 Å². The smallest absolute Gasteiger partial charge is 0.341 e. The minimum atomic E-state index is -0.477. The second-order valence-corrected chi connectivity index (χ2v) is 10.6. The summed E-state index contributed by atoms with van der Waals surface area (Å²) in [5, 5.41) is 6.19. The molecule has 1 aliphatic carbocycles. The number of methoxy groups -OCH3 is 1. The Morgan fingerprint density at radius 1 is 1.10 bits per heavy atom. The van der Waals surface area contributed by atoms with Gasteiger partial charge in [0, 0.05) is 16.8 Å². The maximum atomic E-state index is 13.0. The summed E-state index contributed by atoms with van der Waals surface area (Å²) in [6, 6.07) is 13.4. The first kappa shape index (κ1) is 26.5. The minimum Gasteiger partial charge on any atom is -0.495 e. The van der Waals surface area contributed by atoms with Crippen molar-refractivity contribution in [3.8, 4) is 21.9 Å². The van der Waals surface area contributed by atoms with Crippen LogP contribution in [0.2, 0.25) is 0 Å². The van der Waals surface area contributed by atoms with Crippen LogP contribution in [-0.4, -0.2) is 35.3 Å². The Balaban J connectivity index is 1.42. The van der Waals surface area contributed by atoms with E-state index >= 15 is 0 Å². The molecule has 0 unspecified atom stereocenters. The largest absolute Gasteiger partial charge is 0.495 e. The number of aromatic nitrogens is 2. The van der Waals surface area contributed by atoms with Crippen LogP contribution in [-0.2, 0) is 4.74 Å². The summed E-state index contributed by atoms with van der Waals surface area (Å²) in [5.41, 5.74) is 5.69. The number of carbonyl (C=O) groups excluding carboxylic acids is 2. The molecule has 0 aliphatic heterocycles. The Kier molecular flexibility index (Phi) is 7.70. The van der Waals surface area contributed by atoms with Gasteiger partial charge >= 0.3 is 12.0 Å². The van der Waals surface area contributed by atoms with E-state index in [1.807, 2.05) is 54.9 Å². The Morgan fingerprint density at radius 2 is 1.87 bits per heavy atom. The Morgan fingerprint density at radius 3 is 2.49 bits per heavy atom. The van der Waals surface area contributed by atoms with Crippen molar-refractivity contribution in [1.82, 2.24) is 9.55 Å². The van der Waals surface area contributed by atoms with Crippen LogP contribution in [0.3, 0.4) is 0 Å². The molecule has 202 valence electrons. The molecular formula is C30H32N4O4S. The molecule has 4 aromatic rings. The van der Waals surface area contributed by atoms with Gasteiger partial charge in [-0.25, -0.2) is 14.6 Å². The Bertz CT molecular complexity index is 1500. The molecule has 1 saturated carbocycles. The van der Waals surface area contributed by atoms with Gasteiger partial charge in [-0.1, -0.05) is 24.6 Å². The lowest BCUT2D eigenvalue weighted by Gasteiger charge is -2.25. The zero-order valence-electron chi connectivity index (χ0n) is 22.5. The Hall–Kier alpha value is -4.11. The number of hydrogen-bond donors (Lipinski definition) is 2. The summed E-state index contributed by atoms with van der Waals surface area (Å²) in [7, 11) is 1.62. The van der Waals surface area contributed by atoms with Crippen LogP contribution in [0.4, 0.5) is 15.5 Å². The van der Waals surface area contributed by atoms with E-state index in [1.54, 1.807) is 20.4 Å². The molecule has 9 heteroatoms. The van der Waals surface area contributed by atoms with Crippen LogP contribution in [0.5, 0.6) is 5.75 Å². The predicted octanol–water partition coefficient (Wildman–Crippen LogP) is 7.31. The fraction of sp³-hybridized carbons (Fsp3) is 0.300. The van der Waals surface area contributed by atoms with Gasteiger partial charge in [-0.3, -0.25) is 5.32 Å². The molecule has 0 bridgehead atoms. The SMILES string of the molecule is CCOC(=O)c1c(NC(=O)Nc2ccc(C3CCC3)cc2)sc(-c2ccc(-n3cnc(C)c3)c(OC)c2)c1C. The number of urea groups is 1. The first-order valence-corrected chi connectivity index (χ1v) is 13.9. The third-order valence-electron chi connectivity index (χ3n) is 7.03. The molecule has 2 aromatic heterocycles. The second-order valence-electron chi connectivity index (χ2n) is 9.62. The van der Waals surface area contributed by atoms with E-state index < -0.39 is 12.0 Å². The van der Waals surface area contributed by atoms with E-state index in [1.165, 1.54) is 36.2 Å². The van der Waals surface area contributed by atoms with E-state index in [0.29, 0.717) is 27.9 Å². The van der Waals surface area contributed by atoms with E-state index in [0.717, 1.165) is 27.4 Å². The molecule has 0 saturated heterocycles. The van der Waals surface area contributed by atoms with Crippen LogP contribution >= 0.6 is 11.3 Å². The van der Waals surface area contributed by atoms with Crippen molar-refractivity contribution >= 4 is 34.0 Å². The molecule has 8 nitrogen and oxygen atoms in total. The second kappa shape index (κ2) is 11.3. The highest BCUT2D eigenvalue weighted by atomic mass is 32.1. The summed E-state index contributed by atoms with van der Waals surface area (Å²) in [4.78, 5) is 31.1. The average molecular weight is 545 g/mol. The molecule has 0 radical (unpaired) electrons. The van der Waals surface area contributed by atoms with E-state index in [-0.39, 0.29) is 6.61 Å². The number of esters is 1. The topological polar surface area (TPSA) is 94.5 Å². The van der Waals surface area contributed by atoms with E-state index in [9.17, 15) is 9.59 Å². The molecule has 2 aromatic carbocycles. The standard InChI is InChI=1S/C30H32N4O4S/c1-5-38-29(35)26-19(3)27(22-11-14-24(25(15-22)37-4)34-16-18(2)31-17-34)39-28(26)33-30(36)32-23-12-9-21(10-13-23)20-7-6-8-20/h9-17,20H,5-8H2,1-4H3,(H2,32,33,36). The summed E-state index contributed by atoms with van der Waals surface area (Å²) in [6.45, 7) is 5.78. The first-order chi connectivity index (χ1) is 18.9. The molecule has 0 spiro atoms. The highest BCUT2D eigenvalue weighted by Crippen LogP contribution is 2.42. The van der Waals surface area contributed by atoms with Crippen molar-refractivity contribution in [2.45, 2.75) is 46.0 Å². The highest BCUT2D eigenvalue weighted by molar-refractivity contribution is 7.20. The van der Waals surface area contributed by atoms with Crippen molar-refractivity contribution < 1.29 is 19.1 Å². The van der Waals surface area contributed by atoms with Crippen LogP contribution in [0.15, 0.2) is 55.0 Å². The number of aryl methyl sites for hydroxylation is 1. The van der Waals surface area contributed by atoms with Gasteiger partial charge in [0.1, 0.15) is 10.8 Å². The number of hydrogen-bond acceptors (Lipinski definition) is 6. The first-order valence-electron chi connectivity index (χ1n) is 13.1. The third-order valence-corrected chi connectivity index (χ3v) is 8.29. The fourth-order valence-corrected chi connectivity index (χ4v) is 5.94. The molecule has 2 N–H and O–H groups in total. The number of benzene rings is 2. The number of anilines is 2. The quantitative estimate of drug-likeness (QED) is 0.227. The average Bonchev–Trinajstić information content (AvgIpc) is 3.46. The third kappa shape index (κ3) is 5.54. The molecule has 2 heterocycles. The van der Waals surface area contributed by atoms with Crippen molar-refractivity contribution in [1.29, 1.82) is 0 Å². The summed E-state index contributed by atoms with van der Waals surface area (Å²) in [6.07, 6.45) is 7.39. The normalized spacial score (nSPS) is 13.0. The van der Waals surface area contributed by atoms with Gasteiger partial charge in [-0.2, -0.15) is 0 Å². The molecule has 39 heavy (non-hydrogen) atoms. The highest BCUT2D eigenvalue weighted by Gasteiger charge is 2.25. The lowest BCUT2D eigenvalue weighted by atomic mass is 9.80. The van der Waals surface area contributed by atoms with Crippen LogP contribution in [0, 0.1) is 13.8 Å². The number of ether oxygens (including phenoxy) is 2. The number of thiophene rings is 1. The van der Waals surface area contributed by atoms with Gasteiger partial charge in [0.15, 0.2) is 0 Å². The molecule has 1 fully saturated rings. The maximum absolute atomic E-state index is 13.0. The number of nitrogens with one attached hydrogen (secondary N) is 2. The lowest BCUT2D eigenvalue weighted by Crippen LogP contribution is -2.20. The fourth-order valence-electron chi connectivity index (χ4n) is 4.76. The van der Waals surface area contributed by atoms with Gasteiger partial charge in [-0.15, -0.1) is 11.3 Å². The molecule has 0 atom stereocenters. The zero-order valence-corrected chi connectivity index (χ0v) is 23.4. The number of imidazole rings is 1. The van der Waals surface area contributed by atoms with Crippen molar-refractivity contribution in [3.63, 3.8) is 0 Å². The summed E-state index contributed by atoms with van der Waals surface area (Å²) < 4.78 is 12.9. The lowest BCUT2D eigenvalue weighted by molar-refractivity contribution is 0.0527. The molecule has 1 aliphatic rings. The van der Waals surface area contributed by atoms with Crippen molar-refractivity contribution in [2.75, 3.05) is 24.4 Å². The summed E-state index contributed by atoms with van der Waals surface area (Å²) in [5.74, 6) is 0.812. The molecular weight excluding hydrogens is 512 g/mol. The van der Waals surface area contributed by atoms with Gasteiger partial charge in [0.25, 0.3) is 0 Å². The number of rotatable bonds is 8. The predicted molar refractivity (Wildman–Crippen MR) is 155 cm³/mol.